The maximum absolute atomic E-state index is 12.8. The van der Waals surface area contributed by atoms with Crippen LogP contribution in [0.4, 0.5) is 0 Å². The Morgan fingerprint density at radius 3 is 1.24 bits per heavy atom. The summed E-state index contributed by atoms with van der Waals surface area (Å²) in [6.45, 7) is 4.57. The smallest absolute Gasteiger partial charge is 0.306 e. The van der Waals surface area contributed by atoms with Gasteiger partial charge in [0.25, 0.3) is 0 Å². The highest BCUT2D eigenvalue weighted by molar-refractivity contribution is 5.70. The van der Waals surface area contributed by atoms with Gasteiger partial charge in [0.15, 0.2) is 6.10 Å². The monoisotopic (exact) mass is 954 g/mol. The van der Waals surface area contributed by atoms with Crippen molar-refractivity contribution in [1.82, 2.24) is 0 Å². The molecule has 0 N–H and O–H groups in total. The first kappa shape index (κ1) is 65.0. The quantitative estimate of drug-likeness (QED) is 0.0259. The van der Waals surface area contributed by atoms with Gasteiger partial charge in [-0.25, -0.2) is 0 Å². The summed E-state index contributed by atoms with van der Waals surface area (Å²) in [5.41, 5.74) is 0. The number of ether oxygens (including phenoxy) is 3. The Bertz CT molecular complexity index is 1290. The van der Waals surface area contributed by atoms with Gasteiger partial charge < -0.3 is 28.6 Å². The molecule has 0 saturated carbocycles. The van der Waals surface area contributed by atoms with Gasteiger partial charge in [-0.3, -0.25) is 9.59 Å². The third-order valence-corrected chi connectivity index (χ3v) is 12.6. The minimum Gasteiger partial charge on any atom is -0.544 e. The fraction of sp³-hybridized carbons (Fsp3) is 0.783. The number of likely N-dealkylation sites (N-methyl/N-ethyl adjacent to an activating group) is 1. The first-order valence-corrected chi connectivity index (χ1v) is 28.3. The van der Waals surface area contributed by atoms with Crippen LogP contribution in [0.1, 0.15) is 251 Å². The molecule has 0 aromatic carbocycles. The van der Waals surface area contributed by atoms with E-state index in [-0.39, 0.29) is 42.7 Å². The molecule has 2 atom stereocenters. The maximum atomic E-state index is 12.8. The summed E-state index contributed by atoms with van der Waals surface area (Å²) in [6, 6.07) is -0.729. The molecule has 0 aliphatic rings. The Hall–Kier alpha value is -2.97. The maximum Gasteiger partial charge on any atom is 0.306 e. The van der Waals surface area contributed by atoms with Gasteiger partial charge in [0.05, 0.1) is 40.3 Å². The van der Waals surface area contributed by atoms with Crippen molar-refractivity contribution >= 4 is 17.9 Å². The minimum absolute atomic E-state index is 0.0381. The summed E-state index contributed by atoms with van der Waals surface area (Å²) >= 11 is 0. The SMILES string of the molecule is CC/C=C\C/C=C\C/C=C\C/C=C\CCCCCCCCCCCCC(=O)OC(COCCC(C(=O)[O-])[N+](C)(C)C)COC(=O)CCCCCCCCCCC/C=C\CCCCCCCCCC. The number of unbranched alkanes of at least 4 members (excludes halogenated alkanes) is 27. The van der Waals surface area contributed by atoms with Crippen LogP contribution in [0, 0.1) is 0 Å². The van der Waals surface area contributed by atoms with E-state index in [1.54, 1.807) is 0 Å². The van der Waals surface area contributed by atoms with Crippen molar-refractivity contribution in [2.45, 2.75) is 264 Å². The molecule has 0 aliphatic carbocycles. The molecule has 0 radical (unpaired) electrons. The summed E-state index contributed by atoms with van der Waals surface area (Å²) in [5.74, 6) is -1.73. The summed E-state index contributed by atoms with van der Waals surface area (Å²) < 4.78 is 17.3. The van der Waals surface area contributed by atoms with Crippen molar-refractivity contribution in [2.75, 3.05) is 41.0 Å². The van der Waals surface area contributed by atoms with Crippen molar-refractivity contribution in [3.63, 3.8) is 0 Å². The molecule has 0 amide bonds. The van der Waals surface area contributed by atoms with Gasteiger partial charge in [-0.15, -0.1) is 0 Å². The van der Waals surface area contributed by atoms with Crippen molar-refractivity contribution < 1.29 is 38.2 Å². The fourth-order valence-corrected chi connectivity index (χ4v) is 8.29. The van der Waals surface area contributed by atoms with Gasteiger partial charge in [-0.2, -0.15) is 0 Å². The van der Waals surface area contributed by atoms with Crippen LogP contribution in [-0.4, -0.2) is 75.5 Å². The Morgan fingerprint density at radius 2 is 0.824 bits per heavy atom. The molecule has 0 aromatic rings. The lowest BCUT2D eigenvalue weighted by Gasteiger charge is -2.34. The van der Waals surface area contributed by atoms with E-state index in [0.29, 0.717) is 12.8 Å². The van der Waals surface area contributed by atoms with Crippen LogP contribution in [0.15, 0.2) is 60.8 Å². The molecule has 394 valence electrons. The third kappa shape index (κ3) is 48.1. The van der Waals surface area contributed by atoms with Gasteiger partial charge in [-0.05, 0) is 77.0 Å². The second-order valence-corrected chi connectivity index (χ2v) is 20.1. The van der Waals surface area contributed by atoms with Crippen LogP contribution in [0.25, 0.3) is 0 Å². The molecule has 0 fully saturated rings. The standard InChI is InChI=1S/C60H107NO7/c1-6-8-10-12-14-16-18-20-22-24-26-28-29-31-33-35-37-39-41-43-45-47-49-51-59(63)68-56(54-66-53-52-57(60(64)65)61(3,4)5)55-67-58(62)50-48-46-44-42-40-38-36-34-32-30-27-25-23-21-19-17-15-13-11-9-7-2/h8,10,14,16,20,22,25-28,56-57H,6-7,9,11-13,15,17-19,21,23-24,29-55H2,1-5H3/b10-8-,16-14-,22-20-,27-25-,28-26-. The highest BCUT2D eigenvalue weighted by atomic mass is 16.6. The van der Waals surface area contributed by atoms with Gasteiger partial charge in [0, 0.05) is 19.3 Å². The van der Waals surface area contributed by atoms with Gasteiger partial charge >= 0.3 is 11.9 Å². The van der Waals surface area contributed by atoms with E-state index >= 15 is 0 Å². The average Bonchev–Trinajstić information content (AvgIpc) is 3.30. The summed E-state index contributed by atoms with van der Waals surface area (Å²) in [7, 11) is 5.42. The zero-order chi connectivity index (χ0) is 49.9. The summed E-state index contributed by atoms with van der Waals surface area (Å²) in [4.78, 5) is 37.2. The third-order valence-electron chi connectivity index (χ3n) is 12.6. The largest absolute Gasteiger partial charge is 0.544 e. The first-order chi connectivity index (χ1) is 33.1. The molecule has 0 saturated heterocycles. The summed E-state index contributed by atoms with van der Waals surface area (Å²) in [5, 5.41) is 11.7. The molecule has 68 heavy (non-hydrogen) atoms. The van der Waals surface area contributed by atoms with E-state index in [1.807, 2.05) is 21.1 Å². The zero-order valence-electron chi connectivity index (χ0n) is 45.0. The van der Waals surface area contributed by atoms with Crippen molar-refractivity contribution in [2.24, 2.45) is 0 Å². The highest BCUT2D eigenvalue weighted by Crippen LogP contribution is 2.16. The lowest BCUT2D eigenvalue weighted by molar-refractivity contribution is -0.889. The molecular formula is C60H107NO7. The average molecular weight is 955 g/mol. The lowest BCUT2D eigenvalue weighted by Crippen LogP contribution is -2.55. The minimum atomic E-state index is -1.12. The number of carbonyl (C=O) groups excluding carboxylic acids is 3. The number of rotatable bonds is 51. The Morgan fingerprint density at radius 1 is 0.456 bits per heavy atom. The number of aliphatic carboxylic acids is 1. The number of nitrogens with zero attached hydrogens (tertiary/aromatic N) is 1. The fourth-order valence-electron chi connectivity index (χ4n) is 8.29. The number of allylic oxidation sites excluding steroid dienone is 10. The Balaban J connectivity index is 4.19. The predicted molar refractivity (Wildman–Crippen MR) is 286 cm³/mol. The van der Waals surface area contributed by atoms with Crippen LogP contribution in [0.2, 0.25) is 0 Å². The molecule has 2 unspecified atom stereocenters. The van der Waals surface area contributed by atoms with Crippen LogP contribution < -0.4 is 5.11 Å². The number of quaternary nitrogens is 1. The highest BCUT2D eigenvalue weighted by Gasteiger charge is 2.25. The molecule has 8 heteroatoms. The summed E-state index contributed by atoms with van der Waals surface area (Å²) in [6.07, 6.45) is 64.0. The molecule has 0 aliphatic heterocycles. The number of carboxylic acid groups (broad SMARTS) is 1. The van der Waals surface area contributed by atoms with Crippen LogP contribution in [-0.2, 0) is 28.6 Å². The van der Waals surface area contributed by atoms with E-state index in [0.717, 1.165) is 64.2 Å². The van der Waals surface area contributed by atoms with Gasteiger partial charge in [0.2, 0.25) is 0 Å². The second kappa shape index (κ2) is 50.4. The number of carboxylic acids is 1. The van der Waals surface area contributed by atoms with E-state index in [2.05, 4.69) is 74.6 Å². The number of hydrogen-bond donors (Lipinski definition) is 0. The van der Waals surface area contributed by atoms with Crippen molar-refractivity contribution in [1.29, 1.82) is 0 Å². The number of hydrogen-bond acceptors (Lipinski definition) is 7. The molecule has 0 bridgehead atoms. The van der Waals surface area contributed by atoms with E-state index in [4.69, 9.17) is 14.2 Å². The van der Waals surface area contributed by atoms with E-state index in [1.165, 1.54) is 154 Å². The first-order valence-electron chi connectivity index (χ1n) is 28.3. The normalized spacial score (nSPS) is 13.2. The van der Waals surface area contributed by atoms with Crippen molar-refractivity contribution in [3.05, 3.63) is 60.8 Å². The molecule has 0 heterocycles. The molecule has 0 rings (SSSR count). The molecular weight excluding hydrogens is 847 g/mol. The molecule has 0 spiro atoms. The molecule has 0 aromatic heterocycles. The lowest BCUT2D eigenvalue weighted by atomic mass is 10.0. The Labute approximate surface area is 419 Å². The predicted octanol–water partition coefficient (Wildman–Crippen LogP) is 15.5. The van der Waals surface area contributed by atoms with Crippen LogP contribution >= 0.6 is 0 Å². The van der Waals surface area contributed by atoms with Gasteiger partial charge in [-0.1, -0.05) is 216 Å². The van der Waals surface area contributed by atoms with E-state index < -0.39 is 18.1 Å². The second-order valence-electron chi connectivity index (χ2n) is 20.1. The zero-order valence-corrected chi connectivity index (χ0v) is 45.0. The number of esters is 2. The van der Waals surface area contributed by atoms with Gasteiger partial charge in [0.1, 0.15) is 12.6 Å². The van der Waals surface area contributed by atoms with Crippen LogP contribution in [0.5, 0.6) is 0 Å². The van der Waals surface area contributed by atoms with E-state index in [9.17, 15) is 19.5 Å². The topological polar surface area (TPSA) is 102 Å². The Kier molecular flexibility index (Phi) is 48.2. The van der Waals surface area contributed by atoms with Crippen molar-refractivity contribution in [3.8, 4) is 0 Å². The van der Waals surface area contributed by atoms with Crippen LogP contribution in [0.3, 0.4) is 0 Å². The molecule has 8 nitrogen and oxygen atoms in total. The number of carbonyl (C=O) groups is 3.